The smallest absolute Gasteiger partial charge is 0.243 e. The second-order valence-electron chi connectivity index (χ2n) is 9.55. The molecular formula is C25H37N5O2S. The zero-order valence-corrected chi connectivity index (χ0v) is 20.8. The van der Waals surface area contributed by atoms with Gasteiger partial charge in [0, 0.05) is 25.2 Å². The Morgan fingerprint density at radius 1 is 1.00 bits per heavy atom. The summed E-state index contributed by atoms with van der Waals surface area (Å²) in [6, 6.07) is 9.35. The maximum Gasteiger partial charge on any atom is 0.243 e. The summed E-state index contributed by atoms with van der Waals surface area (Å²) in [5, 5.41) is 12.0. The van der Waals surface area contributed by atoms with Gasteiger partial charge in [0.05, 0.1) is 10.6 Å². The summed E-state index contributed by atoms with van der Waals surface area (Å²) >= 11 is 0. The molecule has 2 aliphatic heterocycles. The molecule has 0 aliphatic carbocycles. The number of aromatic nitrogens is 2. The molecule has 7 nitrogen and oxygen atoms in total. The van der Waals surface area contributed by atoms with Crippen LogP contribution in [0.1, 0.15) is 51.0 Å². The number of hydrogen-bond donors (Lipinski definition) is 1. The third kappa shape index (κ3) is 6.11. The van der Waals surface area contributed by atoms with Crippen molar-refractivity contribution < 1.29 is 8.42 Å². The predicted molar refractivity (Wildman–Crippen MR) is 133 cm³/mol. The van der Waals surface area contributed by atoms with Crippen molar-refractivity contribution in [1.82, 2.24) is 19.4 Å². The topological polar surface area (TPSA) is 78.4 Å². The molecular weight excluding hydrogens is 434 g/mol. The van der Waals surface area contributed by atoms with Crippen LogP contribution in [0.5, 0.6) is 0 Å². The normalized spacial score (nSPS) is 19.0. The van der Waals surface area contributed by atoms with Gasteiger partial charge >= 0.3 is 0 Å². The molecule has 33 heavy (non-hydrogen) atoms. The first-order valence-corrected chi connectivity index (χ1v) is 13.8. The van der Waals surface area contributed by atoms with Gasteiger partial charge in [-0.15, -0.1) is 10.2 Å². The number of hydrogen-bond acceptors (Lipinski definition) is 6. The first kappa shape index (κ1) is 24.1. The van der Waals surface area contributed by atoms with Crippen molar-refractivity contribution in [3.8, 4) is 11.3 Å². The lowest BCUT2D eigenvalue weighted by Gasteiger charge is -2.30. The van der Waals surface area contributed by atoms with Gasteiger partial charge in [-0.1, -0.05) is 25.5 Å². The van der Waals surface area contributed by atoms with Crippen LogP contribution in [-0.4, -0.2) is 67.1 Å². The van der Waals surface area contributed by atoms with Gasteiger partial charge in [-0.3, -0.25) is 0 Å². The van der Waals surface area contributed by atoms with Crippen LogP contribution in [0.15, 0.2) is 35.2 Å². The molecule has 3 heterocycles. The third-order valence-electron chi connectivity index (χ3n) is 6.91. The molecule has 1 aromatic heterocycles. The van der Waals surface area contributed by atoms with Crippen LogP contribution < -0.4 is 5.32 Å². The van der Waals surface area contributed by atoms with Gasteiger partial charge in [0.15, 0.2) is 0 Å². The van der Waals surface area contributed by atoms with Gasteiger partial charge in [0.25, 0.3) is 0 Å². The van der Waals surface area contributed by atoms with Gasteiger partial charge in [-0.25, -0.2) is 8.42 Å². The predicted octanol–water partition coefficient (Wildman–Crippen LogP) is 4.16. The van der Waals surface area contributed by atoms with E-state index in [4.69, 9.17) is 0 Å². The molecule has 2 fully saturated rings. The number of likely N-dealkylation sites (tertiary alicyclic amines) is 1. The quantitative estimate of drug-likeness (QED) is 0.583. The molecule has 0 unspecified atom stereocenters. The SMILES string of the molecule is Cc1ccc(-c2ccc(NCCCN3CCC(C)CC3)nn2)cc1S(=O)(=O)N1CCCCC1. The van der Waals surface area contributed by atoms with Crippen LogP contribution in [0, 0.1) is 12.8 Å². The zero-order chi connectivity index (χ0) is 23.3. The summed E-state index contributed by atoms with van der Waals surface area (Å²) < 4.78 is 28.0. The number of sulfonamides is 1. The van der Waals surface area contributed by atoms with Crippen LogP contribution in [-0.2, 0) is 10.0 Å². The summed E-state index contributed by atoms with van der Waals surface area (Å²) in [6.45, 7) is 9.79. The van der Waals surface area contributed by atoms with Gasteiger partial charge < -0.3 is 10.2 Å². The molecule has 2 saturated heterocycles. The van der Waals surface area contributed by atoms with Crippen LogP contribution in [0.2, 0.25) is 0 Å². The lowest BCUT2D eigenvalue weighted by atomic mass is 9.99. The van der Waals surface area contributed by atoms with Crippen LogP contribution in [0.4, 0.5) is 5.82 Å². The maximum atomic E-state index is 13.2. The Bertz CT molecular complexity index is 1010. The highest BCUT2D eigenvalue weighted by Crippen LogP contribution is 2.28. The third-order valence-corrected chi connectivity index (χ3v) is 8.96. The van der Waals surface area contributed by atoms with E-state index in [-0.39, 0.29) is 0 Å². The van der Waals surface area contributed by atoms with Gasteiger partial charge in [0.2, 0.25) is 10.0 Å². The van der Waals surface area contributed by atoms with Crippen LogP contribution in [0.3, 0.4) is 0 Å². The molecule has 0 spiro atoms. The molecule has 2 aromatic rings. The highest BCUT2D eigenvalue weighted by Gasteiger charge is 2.27. The number of anilines is 1. The van der Waals surface area contributed by atoms with Crippen molar-refractivity contribution in [2.24, 2.45) is 5.92 Å². The van der Waals surface area contributed by atoms with Gasteiger partial charge in [-0.2, -0.15) is 4.31 Å². The van der Waals surface area contributed by atoms with E-state index in [1.807, 2.05) is 31.2 Å². The fourth-order valence-corrected chi connectivity index (χ4v) is 6.43. The summed E-state index contributed by atoms with van der Waals surface area (Å²) in [5.74, 6) is 1.61. The number of piperidine rings is 2. The lowest BCUT2D eigenvalue weighted by molar-refractivity contribution is 0.192. The van der Waals surface area contributed by atoms with E-state index >= 15 is 0 Å². The Labute approximate surface area is 198 Å². The molecule has 1 N–H and O–H groups in total. The summed E-state index contributed by atoms with van der Waals surface area (Å²) in [6.07, 6.45) is 6.64. The molecule has 0 radical (unpaired) electrons. The van der Waals surface area contributed by atoms with E-state index in [9.17, 15) is 8.42 Å². The minimum atomic E-state index is -3.49. The summed E-state index contributed by atoms with van der Waals surface area (Å²) in [7, 11) is -3.49. The Kier molecular flexibility index (Phi) is 7.98. The van der Waals surface area contributed by atoms with Crippen molar-refractivity contribution in [2.45, 2.75) is 57.3 Å². The average Bonchev–Trinajstić information content (AvgIpc) is 2.84. The number of rotatable bonds is 8. The molecule has 0 atom stereocenters. The highest BCUT2D eigenvalue weighted by molar-refractivity contribution is 7.89. The molecule has 0 bridgehead atoms. The second-order valence-corrected chi connectivity index (χ2v) is 11.5. The minimum absolute atomic E-state index is 0.373. The van der Waals surface area contributed by atoms with E-state index in [1.54, 1.807) is 10.4 Å². The first-order chi connectivity index (χ1) is 15.9. The Morgan fingerprint density at radius 3 is 2.45 bits per heavy atom. The Balaban J connectivity index is 1.36. The highest BCUT2D eigenvalue weighted by atomic mass is 32.2. The first-order valence-electron chi connectivity index (χ1n) is 12.3. The monoisotopic (exact) mass is 471 g/mol. The lowest BCUT2D eigenvalue weighted by Crippen LogP contribution is -2.35. The fourth-order valence-electron chi connectivity index (χ4n) is 4.67. The van der Waals surface area contributed by atoms with Crippen LogP contribution >= 0.6 is 0 Å². The number of benzene rings is 1. The molecule has 1 aromatic carbocycles. The second kappa shape index (κ2) is 10.9. The number of nitrogens with zero attached hydrogens (tertiary/aromatic N) is 4. The van der Waals surface area contributed by atoms with E-state index < -0.39 is 10.0 Å². The molecule has 8 heteroatoms. The fraction of sp³-hybridized carbons (Fsp3) is 0.600. The molecule has 2 aliphatic rings. The van der Waals surface area contributed by atoms with Crippen LogP contribution in [0.25, 0.3) is 11.3 Å². The van der Waals surface area contributed by atoms with Crippen molar-refractivity contribution in [2.75, 3.05) is 44.6 Å². The van der Waals surface area contributed by atoms with Crippen molar-refractivity contribution in [3.63, 3.8) is 0 Å². The Hall–Kier alpha value is -2.03. The molecule has 180 valence electrons. The minimum Gasteiger partial charge on any atom is -0.369 e. The van der Waals surface area contributed by atoms with Crippen molar-refractivity contribution in [1.29, 1.82) is 0 Å². The maximum absolute atomic E-state index is 13.2. The van der Waals surface area contributed by atoms with E-state index in [0.717, 1.165) is 61.6 Å². The van der Waals surface area contributed by atoms with Crippen molar-refractivity contribution >= 4 is 15.8 Å². The molecule has 0 saturated carbocycles. The van der Waals surface area contributed by atoms with Gasteiger partial charge in [0.1, 0.15) is 5.82 Å². The van der Waals surface area contributed by atoms with E-state index in [1.165, 1.54) is 25.9 Å². The summed E-state index contributed by atoms with van der Waals surface area (Å²) in [5.41, 5.74) is 2.21. The summed E-state index contributed by atoms with van der Waals surface area (Å²) in [4.78, 5) is 2.92. The molecule has 0 amide bonds. The Morgan fingerprint density at radius 2 is 1.76 bits per heavy atom. The van der Waals surface area contributed by atoms with Crippen molar-refractivity contribution in [3.05, 3.63) is 35.9 Å². The van der Waals surface area contributed by atoms with Gasteiger partial charge in [-0.05, 0) is 88.3 Å². The molecule has 4 rings (SSSR count). The standard InChI is InChI=1S/C25H37N5O2S/c1-20-11-17-29(18-12-20)14-6-13-26-25-10-9-23(27-28-25)22-8-7-21(2)24(19-22)33(31,32)30-15-4-3-5-16-30/h7-10,19-20H,3-6,11-18H2,1-2H3,(H,26,28). The van der Waals surface area contributed by atoms with E-state index in [0.29, 0.717) is 23.7 Å². The zero-order valence-electron chi connectivity index (χ0n) is 20.0. The average molecular weight is 472 g/mol. The largest absolute Gasteiger partial charge is 0.369 e. The number of nitrogens with one attached hydrogen (secondary N) is 1. The van der Waals surface area contributed by atoms with E-state index in [2.05, 4.69) is 27.3 Å². The number of aryl methyl sites for hydroxylation is 1.